The molecule has 0 aliphatic carbocycles. The second kappa shape index (κ2) is 10.5. The fourth-order valence-electron chi connectivity index (χ4n) is 6.42. The number of nitrogens with zero attached hydrogens (tertiary/aromatic N) is 3. The number of thiophene rings is 1. The van der Waals surface area contributed by atoms with Gasteiger partial charge in [0, 0.05) is 42.2 Å². The molecule has 0 unspecified atom stereocenters. The fourth-order valence-corrected chi connectivity index (χ4v) is 7.55. The van der Waals surface area contributed by atoms with Crippen LogP contribution in [0, 0.1) is 0 Å². The first kappa shape index (κ1) is 25.8. The highest BCUT2D eigenvalue weighted by Gasteiger charge is 2.18. The van der Waals surface area contributed by atoms with Crippen LogP contribution in [0.4, 0.5) is 0 Å². The van der Waals surface area contributed by atoms with Crippen molar-refractivity contribution >= 4 is 53.1 Å². The van der Waals surface area contributed by atoms with Crippen LogP contribution in [0.5, 0.6) is 0 Å². The molecule has 2 heterocycles. The first-order valence-electron chi connectivity index (χ1n) is 15.0. The van der Waals surface area contributed by atoms with Gasteiger partial charge in [0.25, 0.3) is 0 Å². The smallest absolute Gasteiger partial charge is 0.164 e. The van der Waals surface area contributed by atoms with Gasteiger partial charge in [0.1, 0.15) is 0 Å². The maximum absolute atomic E-state index is 5.26. The molecule has 0 aliphatic rings. The van der Waals surface area contributed by atoms with Crippen molar-refractivity contribution in [2.24, 2.45) is 0 Å². The predicted molar refractivity (Wildman–Crippen MR) is 189 cm³/mol. The van der Waals surface area contributed by atoms with Crippen LogP contribution < -0.4 is 0 Å². The molecule has 0 radical (unpaired) electrons. The summed E-state index contributed by atoms with van der Waals surface area (Å²) in [5, 5.41) is 7.09. The maximum Gasteiger partial charge on any atom is 0.164 e. The van der Waals surface area contributed by atoms with Crippen molar-refractivity contribution in [1.29, 1.82) is 0 Å². The van der Waals surface area contributed by atoms with Crippen molar-refractivity contribution in [2.75, 3.05) is 0 Å². The summed E-state index contributed by atoms with van der Waals surface area (Å²) < 4.78 is 2.48. The summed E-state index contributed by atoms with van der Waals surface area (Å²) in [5.41, 5.74) is 5.24. The van der Waals surface area contributed by atoms with E-state index in [0.29, 0.717) is 17.5 Å². The average Bonchev–Trinajstić information content (AvgIpc) is 3.50. The van der Waals surface area contributed by atoms with Gasteiger partial charge in [-0.05, 0) is 45.5 Å². The number of benzene rings is 7. The van der Waals surface area contributed by atoms with Crippen molar-refractivity contribution < 1.29 is 0 Å². The lowest BCUT2D eigenvalue weighted by Gasteiger charge is -2.13. The van der Waals surface area contributed by atoms with Gasteiger partial charge in [-0.1, -0.05) is 133 Å². The molecule has 9 aromatic rings. The Morgan fingerprint density at radius 1 is 0.356 bits per heavy atom. The van der Waals surface area contributed by atoms with E-state index in [1.807, 2.05) is 6.07 Å². The van der Waals surface area contributed by atoms with Gasteiger partial charge < -0.3 is 0 Å². The molecule has 0 amide bonds. The van der Waals surface area contributed by atoms with Crippen LogP contribution in [-0.2, 0) is 0 Å². The van der Waals surface area contributed by atoms with Crippen molar-refractivity contribution in [2.45, 2.75) is 0 Å². The van der Waals surface area contributed by atoms with Crippen LogP contribution >= 0.6 is 11.3 Å². The molecular weight excluding hydrogens is 567 g/mol. The van der Waals surface area contributed by atoms with Gasteiger partial charge in [0.2, 0.25) is 0 Å². The van der Waals surface area contributed by atoms with Gasteiger partial charge >= 0.3 is 0 Å². The normalized spacial score (nSPS) is 11.6. The van der Waals surface area contributed by atoms with E-state index < -0.39 is 0 Å². The summed E-state index contributed by atoms with van der Waals surface area (Å²) in [6.07, 6.45) is 0. The molecule has 0 fully saturated rings. The second-order valence-electron chi connectivity index (χ2n) is 11.2. The lowest BCUT2D eigenvalue weighted by Crippen LogP contribution is -2.01. The zero-order valence-electron chi connectivity index (χ0n) is 24.2. The van der Waals surface area contributed by atoms with E-state index in [1.165, 1.54) is 30.9 Å². The van der Waals surface area contributed by atoms with Crippen molar-refractivity contribution in [3.05, 3.63) is 152 Å². The quantitative estimate of drug-likeness (QED) is 0.191. The summed E-state index contributed by atoms with van der Waals surface area (Å²) in [5.74, 6) is 1.99. The summed E-state index contributed by atoms with van der Waals surface area (Å²) in [7, 11) is 0. The Balaban J connectivity index is 1.34. The summed E-state index contributed by atoms with van der Waals surface area (Å²) in [4.78, 5) is 15.7. The van der Waals surface area contributed by atoms with E-state index in [4.69, 9.17) is 15.0 Å². The number of fused-ring (bicyclic) bond motifs is 6. The first-order chi connectivity index (χ1) is 22.3. The van der Waals surface area contributed by atoms with Crippen LogP contribution in [0.15, 0.2) is 152 Å². The highest BCUT2D eigenvalue weighted by Crippen LogP contribution is 2.40. The highest BCUT2D eigenvalue weighted by molar-refractivity contribution is 7.25. The molecule has 0 atom stereocenters. The van der Waals surface area contributed by atoms with E-state index in [9.17, 15) is 0 Å². The average molecular weight is 592 g/mol. The Bertz CT molecular complexity index is 2550. The number of aromatic nitrogens is 3. The van der Waals surface area contributed by atoms with E-state index in [0.717, 1.165) is 38.6 Å². The molecule has 0 bridgehead atoms. The maximum atomic E-state index is 5.26. The van der Waals surface area contributed by atoms with E-state index in [-0.39, 0.29) is 0 Å². The standard InChI is InChI=1S/C41H25N3S/c1-2-11-26(12-3-1)29-15-8-16-30(25-29)39-42-40(33-19-9-14-28-24-23-27-13-4-5-17-31(27)37(28)33)44-41(43-39)34-20-10-22-36-38(34)32-18-6-7-21-35(32)45-36/h1-25H. The molecule has 0 spiro atoms. The molecule has 4 heteroatoms. The van der Waals surface area contributed by atoms with Gasteiger partial charge in [-0.2, -0.15) is 0 Å². The monoisotopic (exact) mass is 591 g/mol. The SMILES string of the molecule is c1ccc(-c2cccc(-c3nc(-c4cccc5ccc6ccccc6c45)nc(-c4cccc5sc6ccccc6c45)n3)c2)cc1. The van der Waals surface area contributed by atoms with Gasteiger partial charge in [-0.3, -0.25) is 0 Å². The minimum Gasteiger partial charge on any atom is -0.208 e. The molecule has 0 aliphatic heterocycles. The molecule has 0 saturated carbocycles. The van der Waals surface area contributed by atoms with E-state index in [1.54, 1.807) is 11.3 Å². The summed E-state index contributed by atoms with van der Waals surface area (Å²) in [6.45, 7) is 0. The third-order valence-electron chi connectivity index (χ3n) is 8.52. The van der Waals surface area contributed by atoms with Gasteiger partial charge in [-0.15, -0.1) is 11.3 Å². The second-order valence-corrected chi connectivity index (χ2v) is 12.3. The number of hydrogen-bond donors (Lipinski definition) is 0. The molecule has 7 aromatic carbocycles. The molecule has 3 nitrogen and oxygen atoms in total. The van der Waals surface area contributed by atoms with Crippen LogP contribution in [0.1, 0.15) is 0 Å². The molecule has 210 valence electrons. The van der Waals surface area contributed by atoms with Gasteiger partial charge in [0.05, 0.1) is 0 Å². The Morgan fingerprint density at radius 2 is 0.933 bits per heavy atom. The minimum absolute atomic E-state index is 0.654. The Kier molecular flexibility index (Phi) is 6.00. The summed E-state index contributed by atoms with van der Waals surface area (Å²) >= 11 is 1.80. The lowest BCUT2D eigenvalue weighted by molar-refractivity contribution is 1.08. The fraction of sp³-hybridized carbons (Fsp3) is 0. The largest absolute Gasteiger partial charge is 0.208 e. The zero-order valence-corrected chi connectivity index (χ0v) is 25.0. The first-order valence-corrected chi connectivity index (χ1v) is 15.9. The third kappa shape index (κ3) is 4.38. The Morgan fingerprint density at radius 3 is 1.80 bits per heavy atom. The third-order valence-corrected chi connectivity index (χ3v) is 9.65. The van der Waals surface area contributed by atoms with Crippen molar-refractivity contribution in [3.8, 4) is 45.3 Å². The van der Waals surface area contributed by atoms with Gasteiger partial charge in [-0.25, -0.2) is 15.0 Å². The molecule has 2 aromatic heterocycles. The number of hydrogen-bond acceptors (Lipinski definition) is 4. The van der Waals surface area contributed by atoms with E-state index in [2.05, 4.69) is 146 Å². The lowest BCUT2D eigenvalue weighted by atomic mass is 9.97. The molecule has 0 N–H and O–H groups in total. The van der Waals surface area contributed by atoms with Gasteiger partial charge in [0.15, 0.2) is 17.5 Å². The van der Waals surface area contributed by atoms with Crippen molar-refractivity contribution in [1.82, 2.24) is 15.0 Å². The van der Waals surface area contributed by atoms with Crippen LogP contribution in [0.2, 0.25) is 0 Å². The van der Waals surface area contributed by atoms with Crippen LogP contribution in [-0.4, -0.2) is 15.0 Å². The number of rotatable bonds is 4. The predicted octanol–water partition coefficient (Wildman–Crippen LogP) is 11.2. The molecule has 9 rings (SSSR count). The zero-order chi connectivity index (χ0) is 29.7. The van der Waals surface area contributed by atoms with Crippen LogP contribution in [0.25, 0.3) is 87.0 Å². The highest BCUT2D eigenvalue weighted by atomic mass is 32.1. The van der Waals surface area contributed by atoms with Crippen LogP contribution in [0.3, 0.4) is 0 Å². The van der Waals surface area contributed by atoms with Crippen molar-refractivity contribution in [3.63, 3.8) is 0 Å². The molecule has 45 heavy (non-hydrogen) atoms. The summed E-state index contributed by atoms with van der Waals surface area (Å²) in [6, 6.07) is 53.2. The van der Waals surface area contributed by atoms with E-state index >= 15 is 0 Å². The molecule has 0 saturated heterocycles. The molecular formula is C41H25N3S. The topological polar surface area (TPSA) is 38.7 Å². The minimum atomic E-state index is 0.654. The Labute approximate surface area is 264 Å². The Hall–Kier alpha value is -5.71.